The first kappa shape index (κ1) is 18.7. The number of H-pyrrole nitrogens is 1. The van der Waals surface area contributed by atoms with Crippen LogP contribution < -0.4 is 9.64 Å². The van der Waals surface area contributed by atoms with E-state index in [0.717, 1.165) is 64.2 Å². The molecule has 1 N–H and O–H groups in total. The SMILES string of the molecule is CCOc1cc(-c2ccc(N3CC4C[C@H](C)CC4(C)C3)nc2)c2c3cn[nH]c3nn2c1. The van der Waals surface area contributed by atoms with Crippen molar-refractivity contribution in [3.63, 3.8) is 0 Å². The highest BCUT2D eigenvalue weighted by molar-refractivity contribution is 6.00. The lowest BCUT2D eigenvalue weighted by Gasteiger charge is -2.24. The van der Waals surface area contributed by atoms with Crippen molar-refractivity contribution in [1.29, 1.82) is 0 Å². The van der Waals surface area contributed by atoms with Crippen molar-refractivity contribution >= 4 is 22.4 Å². The number of aromatic nitrogens is 5. The maximum Gasteiger partial charge on any atom is 0.178 e. The topological polar surface area (TPSA) is 71.3 Å². The summed E-state index contributed by atoms with van der Waals surface area (Å²) in [6.45, 7) is 9.68. The number of aromatic amines is 1. The Morgan fingerprint density at radius 2 is 2.19 bits per heavy atom. The van der Waals surface area contributed by atoms with Gasteiger partial charge in [-0.3, -0.25) is 5.10 Å². The van der Waals surface area contributed by atoms with Crippen LogP contribution in [0.15, 0.2) is 36.8 Å². The molecule has 7 heteroatoms. The Morgan fingerprint density at radius 3 is 2.97 bits per heavy atom. The molecule has 5 heterocycles. The largest absolute Gasteiger partial charge is 0.492 e. The molecule has 1 aliphatic heterocycles. The molecule has 0 spiro atoms. The minimum Gasteiger partial charge on any atom is -0.492 e. The van der Waals surface area contributed by atoms with Crippen molar-refractivity contribution in [2.45, 2.75) is 33.6 Å². The van der Waals surface area contributed by atoms with Crippen molar-refractivity contribution in [2.24, 2.45) is 17.3 Å². The van der Waals surface area contributed by atoms with Gasteiger partial charge in [0.2, 0.25) is 0 Å². The van der Waals surface area contributed by atoms with Gasteiger partial charge in [-0.05, 0) is 55.2 Å². The van der Waals surface area contributed by atoms with Gasteiger partial charge in [0.1, 0.15) is 11.6 Å². The van der Waals surface area contributed by atoms with E-state index in [4.69, 9.17) is 9.72 Å². The van der Waals surface area contributed by atoms with Crippen LogP contribution in [0.2, 0.25) is 0 Å². The lowest BCUT2D eigenvalue weighted by atomic mass is 9.83. The van der Waals surface area contributed by atoms with Gasteiger partial charge in [0.25, 0.3) is 0 Å². The number of pyridine rings is 2. The highest BCUT2D eigenvalue weighted by atomic mass is 16.5. The number of nitrogens with zero attached hydrogens (tertiary/aromatic N) is 5. The lowest BCUT2D eigenvalue weighted by Crippen LogP contribution is -2.25. The first-order valence-electron chi connectivity index (χ1n) is 11.2. The van der Waals surface area contributed by atoms with Crippen LogP contribution in [-0.2, 0) is 0 Å². The van der Waals surface area contributed by atoms with Crippen molar-refractivity contribution < 1.29 is 4.74 Å². The highest BCUT2D eigenvalue weighted by Crippen LogP contribution is 2.51. The van der Waals surface area contributed by atoms with E-state index in [1.807, 2.05) is 30.0 Å². The van der Waals surface area contributed by atoms with Crippen LogP contribution in [0, 0.1) is 17.3 Å². The van der Waals surface area contributed by atoms with E-state index in [1.54, 1.807) is 0 Å². The number of hydrogen-bond donors (Lipinski definition) is 1. The molecule has 2 unspecified atom stereocenters. The van der Waals surface area contributed by atoms with Crippen LogP contribution in [-0.4, -0.2) is 44.5 Å². The zero-order valence-electron chi connectivity index (χ0n) is 18.3. The number of ether oxygens (including phenoxy) is 1. The van der Waals surface area contributed by atoms with Crippen LogP contribution >= 0.6 is 0 Å². The standard InChI is InChI=1S/C24H28N6O/c1-4-31-18-8-19(22-20-11-26-27-23(20)28-30(22)13-18)16-5-6-21(25-10-16)29-12-17-7-15(2)9-24(17,3)14-29/h5-6,8,10-11,13,15,17H,4,7,9,12,14H2,1-3H3,(H,27,28)/t15-,17?,24?/m0/s1. The smallest absolute Gasteiger partial charge is 0.178 e. The van der Waals surface area contributed by atoms with Crippen LogP contribution in [0.1, 0.15) is 33.6 Å². The Balaban J connectivity index is 1.37. The van der Waals surface area contributed by atoms with Crippen LogP contribution in [0.4, 0.5) is 5.82 Å². The summed E-state index contributed by atoms with van der Waals surface area (Å²) in [5.74, 6) is 3.50. The molecule has 4 aromatic rings. The normalized spacial score (nSPS) is 25.6. The van der Waals surface area contributed by atoms with E-state index < -0.39 is 0 Å². The minimum absolute atomic E-state index is 0.433. The fourth-order valence-electron chi connectivity index (χ4n) is 5.98. The minimum atomic E-state index is 0.433. The zero-order chi connectivity index (χ0) is 21.2. The molecule has 3 atom stereocenters. The number of fused-ring (bicyclic) bond motifs is 4. The highest BCUT2D eigenvalue weighted by Gasteiger charge is 2.48. The predicted molar refractivity (Wildman–Crippen MR) is 121 cm³/mol. The fraction of sp³-hybridized carbons (Fsp3) is 0.458. The van der Waals surface area contributed by atoms with Crippen LogP contribution in [0.3, 0.4) is 0 Å². The van der Waals surface area contributed by atoms with Gasteiger partial charge < -0.3 is 9.64 Å². The predicted octanol–water partition coefficient (Wildman–Crippen LogP) is 4.54. The van der Waals surface area contributed by atoms with Crippen LogP contribution in [0.25, 0.3) is 27.7 Å². The van der Waals surface area contributed by atoms with Gasteiger partial charge in [-0.15, -0.1) is 5.10 Å². The Morgan fingerprint density at radius 1 is 1.29 bits per heavy atom. The van der Waals surface area contributed by atoms with Gasteiger partial charge >= 0.3 is 0 Å². The second kappa shape index (κ2) is 6.70. The molecule has 31 heavy (non-hydrogen) atoms. The van der Waals surface area contributed by atoms with Gasteiger partial charge in [0, 0.05) is 30.4 Å². The van der Waals surface area contributed by atoms with E-state index in [2.05, 4.69) is 52.2 Å². The molecule has 1 saturated carbocycles. The summed E-state index contributed by atoms with van der Waals surface area (Å²) < 4.78 is 7.68. The maximum atomic E-state index is 5.80. The molecule has 2 aliphatic rings. The van der Waals surface area contributed by atoms with Gasteiger partial charge in [-0.2, -0.15) is 5.10 Å². The molecule has 1 saturated heterocycles. The van der Waals surface area contributed by atoms with Gasteiger partial charge in [0.15, 0.2) is 5.65 Å². The summed E-state index contributed by atoms with van der Waals surface area (Å²) in [6.07, 6.45) is 8.40. The van der Waals surface area contributed by atoms with E-state index >= 15 is 0 Å². The average Bonchev–Trinajstić information content (AvgIpc) is 3.46. The molecule has 0 radical (unpaired) electrons. The lowest BCUT2D eigenvalue weighted by molar-refractivity contribution is 0.304. The summed E-state index contributed by atoms with van der Waals surface area (Å²) in [7, 11) is 0. The fourth-order valence-corrected chi connectivity index (χ4v) is 5.98. The van der Waals surface area contributed by atoms with E-state index in [0.29, 0.717) is 12.0 Å². The second-order valence-corrected chi connectivity index (χ2v) is 9.63. The number of nitrogens with one attached hydrogen (secondary N) is 1. The third-order valence-corrected chi connectivity index (χ3v) is 7.28. The summed E-state index contributed by atoms with van der Waals surface area (Å²) in [6, 6.07) is 6.41. The van der Waals surface area contributed by atoms with Crippen molar-refractivity contribution in [3.05, 3.63) is 36.8 Å². The number of anilines is 1. The van der Waals surface area contributed by atoms with Gasteiger partial charge in [0.05, 0.1) is 29.9 Å². The average molecular weight is 417 g/mol. The summed E-state index contributed by atoms with van der Waals surface area (Å²) in [4.78, 5) is 7.35. The third-order valence-electron chi connectivity index (χ3n) is 7.28. The monoisotopic (exact) mass is 416 g/mol. The molecule has 0 amide bonds. The third kappa shape index (κ3) is 2.90. The molecule has 0 bridgehead atoms. The van der Waals surface area contributed by atoms with E-state index in [1.165, 1.54) is 12.8 Å². The Hall–Kier alpha value is -3.09. The Kier molecular flexibility index (Phi) is 4.04. The molecule has 7 nitrogen and oxygen atoms in total. The molecule has 4 aromatic heterocycles. The van der Waals surface area contributed by atoms with Crippen LogP contribution in [0.5, 0.6) is 5.75 Å². The zero-order valence-corrected chi connectivity index (χ0v) is 18.3. The Bertz CT molecular complexity index is 1260. The molecule has 1 aliphatic carbocycles. The van der Waals surface area contributed by atoms with E-state index in [9.17, 15) is 0 Å². The number of hydrogen-bond acceptors (Lipinski definition) is 5. The first-order chi connectivity index (χ1) is 15.0. The molecular weight excluding hydrogens is 388 g/mol. The van der Waals surface area contributed by atoms with Crippen molar-refractivity contribution in [3.8, 4) is 16.9 Å². The molecule has 6 rings (SSSR count). The molecule has 0 aromatic carbocycles. The quantitative estimate of drug-likeness (QED) is 0.529. The Labute approximate surface area is 181 Å². The van der Waals surface area contributed by atoms with Crippen molar-refractivity contribution in [2.75, 3.05) is 24.6 Å². The number of rotatable bonds is 4. The summed E-state index contributed by atoms with van der Waals surface area (Å²) in [5, 5.41) is 12.7. The van der Waals surface area contributed by atoms with E-state index in [-0.39, 0.29) is 0 Å². The molecular formula is C24H28N6O. The summed E-state index contributed by atoms with van der Waals surface area (Å²) >= 11 is 0. The first-order valence-corrected chi connectivity index (χ1v) is 11.2. The summed E-state index contributed by atoms with van der Waals surface area (Å²) in [5.41, 5.74) is 4.32. The molecule has 2 fully saturated rings. The van der Waals surface area contributed by atoms with Gasteiger partial charge in [-0.1, -0.05) is 13.8 Å². The second-order valence-electron chi connectivity index (χ2n) is 9.63. The molecule has 160 valence electrons. The van der Waals surface area contributed by atoms with Gasteiger partial charge in [-0.25, -0.2) is 9.50 Å². The van der Waals surface area contributed by atoms with Crippen molar-refractivity contribution in [1.82, 2.24) is 24.8 Å². The maximum absolute atomic E-state index is 5.80.